The highest BCUT2D eigenvalue weighted by Crippen LogP contribution is 2.26. The molecule has 0 aliphatic rings. The monoisotopic (exact) mass is 529 g/mol. The molecule has 0 spiro atoms. The molecule has 4 rings (SSSR count). The maximum atomic E-state index is 12.9. The van der Waals surface area contributed by atoms with Gasteiger partial charge >= 0.3 is 0 Å². The van der Waals surface area contributed by atoms with E-state index in [1.165, 1.54) is 11.3 Å². The number of aryl methyl sites for hydroxylation is 1. The van der Waals surface area contributed by atoms with Crippen molar-refractivity contribution in [3.63, 3.8) is 0 Å². The number of benzene rings is 2. The SMILES string of the molecule is Cc1nn(Cc2ccc(Br)cc2)c(C)c1NC(=O)c1cc(COc2ccccc2Cl)cs1. The molecule has 2 aromatic carbocycles. The predicted octanol–water partition coefficient (Wildman–Crippen LogP) is 6.86. The van der Waals surface area contributed by atoms with Crippen LogP contribution in [0.1, 0.15) is 32.2 Å². The van der Waals surface area contributed by atoms with Crippen molar-refractivity contribution in [1.29, 1.82) is 0 Å². The van der Waals surface area contributed by atoms with E-state index >= 15 is 0 Å². The number of carbonyl (C=O) groups excluding carboxylic acids is 1. The first-order valence-electron chi connectivity index (χ1n) is 9.95. The molecule has 0 atom stereocenters. The Morgan fingerprint density at radius 3 is 2.66 bits per heavy atom. The molecule has 2 heterocycles. The third-order valence-electron chi connectivity index (χ3n) is 4.97. The fourth-order valence-corrected chi connectivity index (χ4v) is 4.51. The summed E-state index contributed by atoms with van der Waals surface area (Å²) in [6, 6.07) is 17.3. The second kappa shape index (κ2) is 9.90. The molecule has 5 nitrogen and oxygen atoms in total. The first-order valence-corrected chi connectivity index (χ1v) is 12.0. The summed E-state index contributed by atoms with van der Waals surface area (Å²) in [7, 11) is 0. The van der Waals surface area contributed by atoms with Crippen LogP contribution in [0.15, 0.2) is 64.5 Å². The van der Waals surface area contributed by atoms with Gasteiger partial charge in [-0.05, 0) is 55.1 Å². The van der Waals surface area contributed by atoms with Crippen LogP contribution in [0.5, 0.6) is 5.75 Å². The zero-order valence-electron chi connectivity index (χ0n) is 17.6. The van der Waals surface area contributed by atoms with Crippen molar-refractivity contribution in [2.75, 3.05) is 5.32 Å². The van der Waals surface area contributed by atoms with E-state index in [4.69, 9.17) is 16.3 Å². The van der Waals surface area contributed by atoms with Gasteiger partial charge in [-0.15, -0.1) is 11.3 Å². The van der Waals surface area contributed by atoms with Crippen molar-refractivity contribution in [2.24, 2.45) is 0 Å². The molecule has 0 fully saturated rings. The number of hydrogen-bond acceptors (Lipinski definition) is 4. The van der Waals surface area contributed by atoms with Gasteiger partial charge in [0.15, 0.2) is 0 Å². The summed E-state index contributed by atoms with van der Waals surface area (Å²) >= 11 is 11.0. The Morgan fingerprint density at radius 1 is 1.16 bits per heavy atom. The van der Waals surface area contributed by atoms with E-state index in [1.54, 1.807) is 6.07 Å². The van der Waals surface area contributed by atoms with Gasteiger partial charge in [0.2, 0.25) is 0 Å². The highest BCUT2D eigenvalue weighted by molar-refractivity contribution is 9.10. The quantitative estimate of drug-likeness (QED) is 0.284. The number of anilines is 1. The van der Waals surface area contributed by atoms with Crippen molar-refractivity contribution in [3.8, 4) is 5.75 Å². The molecule has 8 heteroatoms. The minimum Gasteiger partial charge on any atom is -0.487 e. The van der Waals surface area contributed by atoms with Crippen LogP contribution in [0.2, 0.25) is 5.02 Å². The van der Waals surface area contributed by atoms with Crippen LogP contribution in [0.3, 0.4) is 0 Å². The third kappa shape index (κ3) is 5.23. The van der Waals surface area contributed by atoms with Crippen LogP contribution in [0.4, 0.5) is 5.69 Å². The molecule has 164 valence electrons. The van der Waals surface area contributed by atoms with E-state index in [2.05, 4.69) is 38.5 Å². The minimum atomic E-state index is -0.159. The summed E-state index contributed by atoms with van der Waals surface area (Å²) < 4.78 is 8.71. The summed E-state index contributed by atoms with van der Waals surface area (Å²) in [6.45, 7) is 4.85. The maximum Gasteiger partial charge on any atom is 0.265 e. The number of nitrogens with zero attached hydrogens (tertiary/aromatic N) is 2. The second-order valence-electron chi connectivity index (χ2n) is 7.32. The molecule has 0 aliphatic heterocycles. The largest absolute Gasteiger partial charge is 0.487 e. The Balaban J connectivity index is 1.42. The van der Waals surface area contributed by atoms with Crippen LogP contribution >= 0.6 is 38.9 Å². The maximum absolute atomic E-state index is 12.9. The molecule has 0 saturated carbocycles. The highest BCUT2D eigenvalue weighted by Gasteiger charge is 2.17. The van der Waals surface area contributed by atoms with Gasteiger partial charge in [0.25, 0.3) is 5.91 Å². The summed E-state index contributed by atoms with van der Waals surface area (Å²) in [5.41, 5.74) is 4.50. The molecule has 32 heavy (non-hydrogen) atoms. The predicted molar refractivity (Wildman–Crippen MR) is 133 cm³/mol. The number of nitrogens with one attached hydrogen (secondary N) is 1. The Kier molecular flexibility index (Phi) is 6.98. The first-order chi connectivity index (χ1) is 15.4. The molecule has 0 unspecified atom stereocenters. The molecule has 0 saturated heterocycles. The van der Waals surface area contributed by atoms with Crippen molar-refractivity contribution in [3.05, 3.63) is 96.9 Å². The average Bonchev–Trinajstić information content (AvgIpc) is 3.35. The molecule has 0 aliphatic carbocycles. The molecule has 0 radical (unpaired) electrons. The van der Waals surface area contributed by atoms with E-state index in [0.29, 0.717) is 28.8 Å². The summed E-state index contributed by atoms with van der Waals surface area (Å²) in [6.07, 6.45) is 0. The fourth-order valence-electron chi connectivity index (χ4n) is 3.26. The average molecular weight is 531 g/mol. The molecule has 4 aromatic rings. The van der Waals surface area contributed by atoms with Gasteiger partial charge in [-0.3, -0.25) is 9.48 Å². The van der Waals surface area contributed by atoms with Crippen LogP contribution in [0, 0.1) is 13.8 Å². The fraction of sp³-hybridized carbons (Fsp3) is 0.167. The van der Waals surface area contributed by atoms with Crippen molar-refractivity contribution in [2.45, 2.75) is 27.0 Å². The third-order valence-corrected chi connectivity index (χ3v) is 6.79. The van der Waals surface area contributed by atoms with Gasteiger partial charge in [-0.1, -0.05) is 51.8 Å². The lowest BCUT2D eigenvalue weighted by Gasteiger charge is -2.07. The molecule has 1 N–H and O–H groups in total. The summed E-state index contributed by atoms with van der Waals surface area (Å²) in [5.74, 6) is 0.462. The van der Waals surface area contributed by atoms with E-state index in [9.17, 15) is 4.79 Å². The number of rotatable bonds is 7. The zero-order valence-corrected chi connectivity index (χ0v) is 20.7. The number of para-hydroxylation sites is 1. The molecular formula is C24H21BrClN3O2S. The Morgan fingerprint density at radius 2 is 1.91 bits per heavy atom. The lowest BCUT2D eigenvalue weighted by molar-refractivity contribution is 0.103. The summed E-state index contributed by atoms with van der Waals surface area (Å²) in [4.78, 5) is 13.5. The van der Waals surface area contributed by atoms with Crippen LogP contribution in [-0.4, -0.2) is 15.7 Å². The Labute approximate surface area is 204 Å². The number of carbonyl (C=O) groups is 1. The highest BCUT2D eigenvalue weighted by atomic mass is 79.9. The van der Waals surface area contributed by atoms with Crippen LogP contribution in [0.25, 0.3) is 0 Å². The standard InChI is InChI=1S/C24H21BrClN3O2S/c1-15-23(16(2)29(28-15)12-17-7-9-19(25)10-8-17)27-24(30)22-11-18(14-32-22)13-31-21-6-4-3-5-20(21)26/h3-11,14H,12-13H2,1-2H3,(H,27,30). The van der Waals surface area contributed by atoms with Gasteiger partial charge < -0.3 is 10.1 Å². The lowest BCUT2D eigenvalue weighted by atomic mass is 10.2. The molecule has 2 aromatic heterocycles. The van der Waals surface area contributed by atoms with Gasteiger partial charge in [-0.25, -0.2) is 0 Å². The van der Waals surface area contributed by atoms with Crippen LogP contribution < -0.4 is 10.1 Å². The molecule has 0 bridgehead atoms. The lowest BCUT2D eigenvalue weighted by Crippen LogP contribution is -2.12. The van der Waals surface area contributed by atoms with Crippen molar-refractivity contribution < 1.29 is 9.53 Å². The van der Waals surface area contributed by atoms with E-state index < -0.39 is 0 Å². The number of thiophene rings is 1. The number of amides is 1. The van der Waals surface area contributed by atoms with E-state index in [1.807, 2.05) is 60.3 Å². The van der Waals surface area contributed by atoms with E-state index in [-0.39, 0.29) is 5.91 Å². The zero-order chi connectivity index (χ0) is 22.7. The van der Waals surface area contributed by atoms with Crippen molar-refractivity contribution >= 4 is 50.5 Å². The van der Waals surface area contributed by atoms with Crippen molar-refractivity contribution in [1.82, 2.24) is 9.78 Å². The normalized spacial score (nSPS) is 10.9. The van der Waals surface area contributed by atoms with E-state index in [0.717, 1.165) is 32.7 Å². The molecule has 1 amide bonds. The van der Waals surface area contributed by atoms with Gasteiger partial charge in [0, 0.05) is 10.0 Å². The number of halogens is 2. The molecular weight excluding hydrogens is 510 g/mol. The summed E-state index contributed by atoms with van der Waals surface area (Å²) in [5, 5.41) is 10.1. The van der Waals surface area contributed by atoms with Gasteiger partial charge in [0.1, 0.15) is 12.4 Å². The number of aromatic nitrogens is 2. The van der Waals surface area contributed by atoms with Crippen LogP contribution in [-0.2, 0) is 13.2 Å². The smallest absolute Gasteiger partial charge is 0.265 e. The number of ether oxygens (including phenoxy) is 1. The Bertz CT molecular complexity index is 1250. The van der Waals surface area contributed by atoms with Gasteiger partial charge in [-0.2, -0.15) is 5.10 Å². The minimum absolute atomic E-state index is 0.159. The van der Waals surface area contributed by atoms with Gasteiger partial charge in [0.05, 0.1) is 33.5 Å². The second-order valence-corrected chi connectivity index (χ2v) is 9.56. The Hall–Kier alpha value is -2.61. The topological polar surface area (TPSA) is 56.2 Å². The number of hydrogen-bond donors (Lipinski definition) is 1. The first kappa shape index (κ1) is 22.6.